The van der Waals surface area contributed by atoms with Crippen LogP contribution in [0.15, 0.2) is 28.7 Å². The fraction of sp³-hybridized carbons (Fsp3) is 0.500. The molecule has 0 radical (unpaired) electrons. The zero-order valence-corrected chi connectivity index (χ0v) is 16.3. The monoisotopic (exact) mass is 418 g/mol. The number of rotatable bonds is 3. The van der Waals surface area contributed by atoms with E-state index in [1.165, 1.54) is 0 Å². The zero-order chi connectivity index (χ0) is 17.0. The summed E-state index contributed by atoms with van der Waals surface area (Å²) in [5.74, 6) is -0.115. The lowest BCUT2D eigenvalue weighted by molar-refractivity contribution is -0.138. The summed E-state index contributed by atoms with van der Waals surface area (Å²) in [6.45, 7) is 6.26. The Kier molecular flexibility index (Phi) is 7.51. The number of hydrogen-bond acceptors (Lipinski definition) is 3. The van der Waals surface area contributed by atoms with E-state index >= 15 is 0 Å². The Morgan fingerprint density at radius 2 is 1.67 bits per heavy atom. The number of benzene rings is 1. The number of nitrogens with two attached hydrogens (primary N) is 1. The maximum absolute atomic E-state index is 12.8. The average Bonchev–Trinajstić information content (AvgIpc) is 2.55. The van der Waals surface area contributed by atoms with E-state index < -0.39 is 5.54 Å². The molecule has 24 heavy (non-hydrogen) atoms. The predicted molar refractivity (Wildman–Crippen MR) is 100 cm³/mol. The summed E-state index contributed by atoms with van der Waals surface area (Å²) in [5, 5.41) is 2.78. The zero-order valence-electron chi connectivity index (χ0n) is 13.9. The minimum Gasteiger partial charge on any atom is -0.338 e. The molecule has 1 heterocycles. The summed E-state index contributed by atoms with van der Waals surface area (Å²) < 4.78 is 0.944. The Bertz CT molecular complexity index is 572. The molecule has 1 unspecified atom stereocenters. The SMILES string of the molecule is CCNC(=O)N1CCN(C(=O)C(C)(N)c2ccc(Br)cc2)CC1.Cl. The van der Waals surface area contributed by atoms with Gasteiger partial charge in [0.05, 0.1) is 0 Å². The van der Waals surface area contributed by atoms with Crippen molar-refractivity contribution < 1.29 is 9.59 Å². The molecule has 2 rings (SSSR count). The Hall–Kier alpha value is -1.31. The number of nitrogens with zero attached hydrogens (tertiary/aromatic N) is 2. The van der Waals surface area contributed by atoms with E-state index in [-0.39, 0.29) is 24.3 Å². The Labute approximate surface area is 157 Å². The highest BCUT2D eigenvalue weighted by molar-refractivity contribution is 9.10. The molecule has 3 amide bonds. The van der Waals surface area contributed by atoms with E-state index in [1.54, 1.807) is 16.7 Å². The van der Waals surface area contributed by atoms with Crippen LogP contribution < -0.4 is 11.1 Å². The van der Waals surface area contributed by atoms with E-state index in [0.29, 0.717) is 32.7 Å². The number of hydrogen-bond donors (Lipinski definition) is 2. The molecule has 6 nitrogen and oxygen atoms in total. The molecule has 3 N–H and O–H groups in total. The molecule has 0 bridgehead atoms. The molecular formula is C16H24BrClN4O2. The van der Waals surface area contributed by atoms with Gasteiger partial charge in [0.15, 0.2) is 0 Å². The van der Waals surface area contributed by atoms with Gasteiger partial charge in [-0.15, -0.1) is 12.4 Å². The Balaban J connectivity index is 0.00000288. The average molecular weight is 420 g/mol. The van der Waals surface area contributed by atoms with E-state index in [9.17, 15) is 9.59 Å². The number of carbonyl (C=O) groups excluding carboxylic acids is 2. The molecule has 1 aromatic carbocycles. The third kappa shape index (κ3) is 4.62. The van der Waals surface area contributed by atoms with Crippen molar-refractivity contribution in [3.63, 3.8) is 0 Å². The van der Waals surface area contributed by atoms with Gasteiger partial charge in [-0.05, 0) is 31.5 Å². The van der Waals surface area contributed by atoms with Gasteiger partial charge in [-0.2, -0.15) is 0 Å². The van der Waals surface area contributed by atoms with Crippen LogP contribution in [0.4, 0.5) is 4.79 Å². The summed E-state index contributed by atoms with van der Waals surface area (Å²) in [5.41, 5.74) is 6.01. The second kappa shape index (κ2) is 8.69. The standard InChI is InChI=1S/C16H23BrN4O2.ClH/c1-3-19-15(23)21-10-8-20(9-11-21)14(22)16(2,18)12-4-6-13(17)7-5-12;/h4-7H,3,8-11,18H2,1-2H3,(H,19,23);1H. The summed E-state index contributed by atoms with van der Waals surface area (Å²) in [4.78, 5) is 28.0. The summed E-state index contributed by atoms with van der Waals surface area (Å²) in [7, 11) is 0. The van der Waals surface area contributed by atoms with Gasteiger partial charge in [0.2, 0.25) is 5.91 Å². The Morgan fingerprint density at radius 3 is 2.17 bits per heavy atom. The molecule has 0 saturated carbocycles. The highest BCUT2D eigenvalue weighted by atomic mass is 79.9. The lowest BCUT2D eigenvalue weighted by Crippen LogP contribution is -2.58. The van der Waals surface area contributed by atoms with Crippen LogP contribution in [0.3, 0.4) is 0 Å². The Morgan fingerprint density at radius 1 is 1.17 bits per heavy atom. The molecule has 0 aromatic heterocycles. The first kappa shape index (κ1) is 20.7. The third-order valence-electron chi connectivity index (χ3n) is 4.07. The molecule has 134 valence electrons. The van der Waals surface area contributed by atoms with Crippen molar-refractivity contribution in [2.24, 2.45) is 5.73 Å². The number of urea groups is 1. The van der Waals surface area contributed by atoms with E-state index in [4.69, 9.17) is 5.73 Å². The molecule has 1 aliphatic rings. The number of halogens is 2. The molecule has 0 spiro atoms. The number of amides is 3. The summed E-state index contributed by atoms with van der Waals surface area (Å²) in [6, 6.07) is 7.38. The lowest BCUT2D eigenvalue weighted by Gasteiger charge is -2.38. The van der Waals surface area contributed by atoms with Crippen LogP contribution in [0, 0.1) is 0 Å². The topological polar surface area (TPSA) is 78.7 Å². The molecule has 0 aliphatic carbocycles. The van der Waals surface area contributed by atoms with Crippen molar-refractivity contribution in [1.82, 2.24) is 15.1 Å². The second-order valence-corrected chi connectivity index (χ2v) is 6.74. The first-order chi connectivity index (χ1) is 10.9. The summed E-state index contributed by atoms with van der Waals surface area (Å²) >= 11 is 3.38. The molecule has 1 aromatic rings. The number of nitrogens with one attached hydrogen (secondary N) is 1. The number of carbonyl (C=O) groups is 2. The van der Waals surface area contributed by atoms with Crippen molar-refractivity contribution in [2.45, 2.75) is 19.4 Å². The fourth-order valence-corrected chi connectivity index (χ4v) is 2.89. The fourth-order valence-electron chi connectivity index (χ4n) is 2.62. The van der Waals surface area contributed by atoms with Crippen LogP contribution in [0.5, 0.6) is 0 Å². The molecule has 1 fully saturated rings. The minimum absolute atomic E-state index is 0. The van der Waals surface area contributed by atoms with Gasteiger partial charge in [-0.1, -0.05) is 28.1 Å². The van der Waals surface area contributed by atoms with Gasteiger partial charge in [0, 0.05) is 37.2 Å². The second-order valence-electron chi connectivity index (χ2n) is 5.82. The van der Waals surface area contributed by atoms with Gasteiger partial charge in [0.1, 0.15) is 5.54 Å². The van der Waals surface area contributed by atoms with Gasteiger partial charge < -0.3 is 20.9 Å². The molecule has 1 aliphatic heterocycles. The molecule has 8 heteroatoms. The lowest BCUT2D eigenvalue weighted by atomic mass is 9.91. The third-order valence-corrected chi connectivity index (χ3v) is 4.60. The van der Waals surface area contributed by atoms with E-state index in [2.05, 4.69) is 21.2 Å². The van der Waals surface area contributed by atoms with Gasteiger partial charge >= 0.3 is 6.03 Å². The highest BCUT2D eigenvalue weighted by Crippen LogP contribution is 2.23. The van der Waals surface area contributed by atoms with E-state index in [1.807, 2.05) is 31.2 Å². The van der Waals surface area contributed by atoms with Gasteiger partial charge in [-0.3, -0.25) is 4.79 Å². The van der Waals surface area contributed by atoms with Crippen molar-refractivity contribution in [2.75, 3.05) is 32.7 Å². The number of piperazine rings is 1. The van der Waals surface area contributed by atoms with Crippen LogP contribution in [-0.4, -0.2) is 54.5 Å². The van der Waals surface area contributed by atoms with Crippen molar-refractivity contribution in [3.8, 4) is 0 Å². The summed E-state index contributed by atoms with van der Waals surface area (Å²) in [6.07, 6.45) is 0. The predicted octanol–water partition coefficient (Wildman–Crippen LogP) is 1.92. The first-order valence-corrected chi connectivity index (χ1v) is 8.52. The molecular weight excluding hydrogens is 396 g/mol. The van der Waals surface area contributed by atoms with Gasteiger partial charge in [-0.25, -0.2) is 4.79 Å². The van der Waals surface area contributed by atoms with Crippen molar-refractivity contribution >= 4 is 40.3 Å². The maximum Gasteiger partial charge on any atom is 0.317 e. The van der Waals surface area contributed by atoms with E-state index in [0.717, 1.165) is 10.0 Å². The molecule has 1 atom stereocenters. The van der Waals surface area contributed by atoms with Crippen LogP contribution in [0.1, 0.15) is 19.4 Å². The van der Waals surface area contributed by atoms with Crippen LogP contribution in [0.2, 0.25) is 0 Å². The normalized spacial score (nSPS) is 16.8. The van der Waals surface area contributed by atoms with Crippen LogP contribution in [0.25, 0.3) is 0 Å². The first-order valence-electron chi connectivity index (χ1n) is 7.73. The van der Waals surface area contributed by atoms with Gasteiger partial charge in [0.25, 0.3) is 0 Å². The molecule has 1 saturated heterocycles. The van der Waals surface area contributed by atoms with Crippen molar-refractivity contribution in [3.05, 3.63) is 34.3 Å². The van der Waals surface area contributed by atoms with Crippen molar-refractivity contribution in [1.29, 1.82) is 0 Å². The smallest absolute Gasteiger partial charge is 0.317 e. The quantitative estimate of drug-likeness (QED) is 0.785. The largest absolute Gasteiger partial charge is 0.338 e. The van der Waals surface area contributed by atoms with Crippen LogP contribution in [-0.2, 0) is 10.3 Å². The highest BCUT2D eigenvalue weighted by Gasteiger charge is 2.36. The van der Waals surface area contributed by atoms with Crippen LogP contribution >= 0.6 is 28.3 Å². The minimum atomic E-state index is -1.07. The maximum atomic E-state index is 12.8.